The van der Waals surface area contributed by atoms with Crippen molar-refractivity contribution in [3.8, 4) is 10.8 Å². The topological polar surface area (TPSA) is 182 Å². The van der Waals surface area contributed by atoms with Gasteiger partial charge >= 0.3 is 0 Å². The number of thiophene rings is 1. The lowest BCUT2D eigenvalue weighted by molar-refractivity contribution is -0.141. The van der Waals surface area contributed by atoms with Gasteiger partial charge in [-0.15, -0.1) is 21.5 Å². The van der Waals surface area contributed by atoms with Crippen LogP contribution in [-0.4, -0.2) is 79.4 Å². The molecule has 2 N–H and O–H groups in total. The standard InChI is InChI=1S/C23H26ClN5OS.C19H20N2O6/c1-5-6-11-25-19(30)12-18-22-28-27-15(4)29(22)23-20(13(2)14(3)31-23)21(26-18)16-7-9-17(24)10-8-16;1-3-5-11(22)10-27-13-7-4-6-12-15(13)17(25)21(16(12)24)19(2)9-8-14(23)20-18(19)26/h7-10,18H,5-6,11-12H2,1-4H3,(H,25,30);4,6-7H,3,5,8-10H2,1-2H3,(H,20,23,26)/t18-;/m0./s1. The first-order chi connectivity index (χ1) is 27.7. The molecule has 14 nitrogen and oxygen atoms in total. The van der Waals surface area contributed by atoms with Gasteiger partial charge in [-0.3, -0.25) is 48.5 Å². The highest BCUT2D eigenvalue weighted by atomic mass is 35.5. The van der Waals surface area contributed by atoms with Gasteiger partial charge in [0.15, 0.2) is 11.6 Å². The van der Waals surface area contributed by atoms with E-state index in [1.165, 1.54) is 29.5 Å². The van der Waals surface area contributed by atoms with Gasteiger partial charge in [-0.05, 0) is 76.8 Å². The average Bonchev–Trinajstić information content (AvgIpc) is 3.77. The van der Waals surface area contributed by atoms with Crippen molar-refractivity contribution in [2.45, 2.75) is 98.1 Å². The molecule has 5 heterocycles. The minimum absolute atomic E-state index is 0.0250. The first kappa shape index (κ1) is 42.1. The third-order valence-electron chi connectivity index (χ3n) is 10.5. The van der Waals surface area contributed by atoms with E-state index in [0.717, 1.165) is 45.4 Å². The molecule has 3 aliphatic heterocycles. The zero-order chi connectivity index (χ0) is 41.9. The van der Waals surface area contributed by atoms with E-state index in [2.05, 4.69) is 46.2 Å². The first-order valence-electron chi connectivity index (χ1n) is 19.3. The monoisotopic (exact) mass is 827 g/mol. The maximum Gasteiger partial charge on any atom is 0.266 e. The van der Waals surface area contributed by atoms with Crippen LogP contribution in [0.3, 0.4) is 0 Å². The van der Waals surface area contributed by atoms with Crippen LogP contribution in [-0.2, 0) is 19.2 Å². The zero-order valence-electron chi connectivity index (χ0n) is 33.4. The molecule has 2 atom stereocenters. The van der Waals surface area contributed by atoms with Gasteiger partial charge in [0.1, 0.15) is 34.8 Å². The second-order valence-electron chi connectivity index (χ2n) is 14.7. The van der Waals surface area contributed by atoms with Gasteiger partial charge in [0, 0.05) is 40.4 Å². The number of nitrogens with zero attached hydrogens (tertiary/aromatic N) is 5. The molecule has 1 saturated heterocycles. The highest BCUT2D eigenvalue weighted by molar-refractivity contribution is 7.15. The number of piperidine rings is 1. The number of aromatic nitrogens is 3. The Morgan fingerprint density at radius 2 is 1.74 bits per heavy atom. The average molecular weight is 828 g/mol. The molecule has 1 fully saturated rings. The van der Waals surface area contributed by atoms with Crippen LogP contribution in [0.4, 0.5) is 0 Å². The Bertz CT molecular complexity index is 2330. The van der Waals surface area contributed by atoms with Gasteiger partial charge in [0.05, 0.1) is 23.3 Å². The minimum Gasteiger partial charge on any atom is -0.485 e. The number of fused-ring (bicyclic) bond motifs is 4. The second-order valence-corrected chi connectivity index (χ2v) is 16.3. The molecular formula is C42H46ClN7O7S. The van der Waals surface area contributed by atoms with E-state index in [1.54, 1.807) is 17.4 Å². The Kier molecular flexibility index (Phi) is 12.7. The summed E-state index contributed by atoms with van der Waals surface area (Å²) >= 11 is 7.85. The van der Waals surface area contributed by atoms with Crippen molar-refractivity contribution in [2.75, 3.05) is 13.2 Å². The Morgan fingerprint density at radius 1 is 1.00 bits per heavy atom. The van der Waals surface area contributed by atoms with Crippen molar-refractivity contribution in [3.05, 3.63) is 91.8 Å². The molecule has 0 radical (unpaired) electrons. The van der Waals surface area contributed by atoms with E-state index in [-0.39, 0.29) is 54.4 Å². The van der Waals surface area contributed by atoms with Crippen molar-refractivity contribution in [2.24, 2.45) is 4.99 Å². The molecule has 304 valence electrons. The number of carbonyl (C=O) groups is 6. The summed E-state index contributed by atoms with van der Waals surface area (Å²) in [6.07, 6.45) is 3.35. The number of ketones is 1. The molecule has 1 unspecified atom stereocenters. The van der Waals surface area contributed by atoms with Crippen molar-refractivity contribution >= 4 is 64.0 Å². The number of rotatable bonds is 12. The lowest BCUT2D eigenvalue weighted by Gasteiger charge is -2.38. The van der Waals surface area contributed by atoms with Crippen LogP contribution in [0.15, 0.2) is 47.5 Å². The van der Waals surface area contributed by atoms with E-state index < -0.39 is 35.2 Å². The summed E-state index contributed by atoms with van der Waals surface area (Å²) in [5, 5.41) is 15.7. The zero-order valence-corrected chi connectivity index (χ0v) is 34.9. The summed E-state index contributed by atoms with van der Waals surface area (Å²) in [5.41, 5.74) is 2.79. The first-order valence-corrected chi connectivity index (χ1v) is 20.5. The fraction of sp³-hybridized carbons (Fsp3) is 0.405. The van der Waals surface area contributed by atoms with E-state index >= 15 is 0 Å². The smallest absolute Gasteiger partial charge is 0.266 e. The van der Waals surface area contributed by atoms with Crippen LogP contribution in [0, 0.1) is 20.8 Å². The molecule has 7 rings (SSSR count). The molecule has 3 aliphatic rings. The van der Waals surface area contributed by atoms with Gasteiger partial charge in [-0.2, -0.15) is 0 Å². The van der Waals surface area contributed by atoms with E-state index in [9.17, 15) is 28.8 Å². The Morgan fingerprint density at radius 3 is 2.43 bits per heavy atom. The van der Waals surface area contributed by atoms with Crippen LogP contribution in [0.25, 0.3) is 5.00 Å². The number of aliphatic imine (C=N–C) groups is 1. The number of nitrogens with one attached hydrogen (secondary N) is 2. The Labute approximate surface area is 345 Å². The van der Waals surface area contributed by atoms with E-state index in [0.29, 0.717) is 30.2 Å². The normalized spacial score (nSPS) is 18.3. The van der Waals surface area contributed by atoms with E-state index in [1.807, 2.05) is 38.1 Å². The molecule has 2 aromatic heterocycles. The predicted octanol–water partition coefficient (Wildman–Crippen LogP) is 6.33. The number of Topliss-reactive ketones (excluding diaryl/α,β-unsaturated/α-hetero) is 1. The van der Waals surface area contributed by atoms with Crippen LogP contribution >= 0.6 is 22.9 Å². The summed E-state index contributed by atoms with van der Waals surface area (Å²) in [6.45, 7) is 12.1. The minimum atomic E-state index is -1.46. The molecule has 58 heavy (non-hydrogen) atoms. The van der Waals surface area contributed by atoms with Gasteiger partial charge in [-0.1, -0.05) is 50.1 Å². The summed E-state index contributed by atoms with van der Waals surface area (Å²) in [6, 6.07) is 11.8. The van der Waals surface area contributed by atoms with Crippen molar-refractivity contribution in [3.63, 3.8) is 0 Å². The number of amides is 5. The van der Waals surface area contributed by atoms with E-state index in [4.69, 9.17) is 21.3 Å². The Balaban J connectivity index is 0.000000198. The quantitative estimate of drug-likeness (QED) is 0.122. The Hall–Kier alpha value is -5.54. The van der Waals surface area contributed by atoms with Crippen LogP contribution in [0.5, 0.6) is 5.75 Å². The lowest BCUT2D eigenvalue weighted by atomic mass is 9.89. The number of carbonyl (C=O) groups excluding carboxylic acids is 6. The molecule has 0 aliphatic carbocycles. The van der Waals surface area contributed by atoms with Crippen molar-refractivity contribution < 1.29 is 33.5 Å². The fourth-order valence-corrected chi connectivity index (χ4v) is 8.46. The largest absolute Gasteiger partial charge is 0.485 e. The SMILES string of the molecule is CCCC(=O)COc1cccc2c1C(=O)N(C1(C)CCC(=O)NC1=O)C2=O.CCCCNC(=O)C[C@@H]1N=C(c2ccc(Cl)cc2)c2c(sc(C)c2C)-n2c(C)nnc21. The third kappa shape index (κ3) is 8.23. The summed E-state index contributed by atoms with van der Waals surface area (Å²) < 4.78 is 7.56. The molecule has 2 aromatic carbocycles. The van der Waals surface area contributed by atoms with Crippen molar-refractivity contribution in [1.29, 1.82) is 0 Å². The molecule has 4 aromatic rings. The number of imide groups is 2. The number of hydrogen-bond donors (Lipinski definition) is 2. The van der Waals surface area contributed by atoms with Crippen molar-refractivity contribution in [1.82, 2.24) is 30.3 Å². The summed E-state index contributed by atoms with van der Waals surface area (Å²) in [4.78, 5) is 81.3. The number of ether oxygens (including phenoxy) is 1. The number of benzene rings is 2. The maximum absolute atomic E-state index is 13.0. The molecular weight excluding hydrogens is 782 g/mol. The molecule has 0 bridgehead atoms. The van der Waals surface area contributed by atoms with Crippen LogP contribution in [0.1, 0.15) is 126 Å². The molecule has 16 heteroatoms. The van der Waals surface area contributed by atoms with Crippen LogP contribution in [0.2, 0.25) is 5.02 Å². The van der Waals surface area contributed by atoms with Gasteiger partial charge < -0.3 is 10.1 Å². The summed E-state index contributed by atoms with van der Waals surface area (Å²) in [7, 11) is 0. The molecule has 0 spiro atoms. The summed E-state index contributed by atoms with van der Waals surface area (Å²) in [5.74, 6) is -0.914. The van der Waals surface area contributed by atoms with Gasteiger partial charge in [-0.25, -0.2) is 0 Å². The highest BCUT2D eigenvalue weighted by Gasteiger charge is 2.53. The number of unbranched alkanes of at least 4 members (excludes halogenated alkanes) is 1. The van der Waals surface area contributed by atoms with Crippen LogP contribution < -0.4 is 15.4 Å². The van der Waals surface area contributed by atoms with Gasteiger partial charge in [0.25, 0.3) is 17.7 Å². The number of hydrogen-bond acceptors (Lipinski definition) is 11. The number of aryl methyl sites for hydroxylation is 2. The second kappa shape index (κ2) is 17.5. The predicted molar refractivity (Wildman–Crippen MR) is 219 cm³/mol. The maximum atomic E-state index is 13.0. The third-order valence-corrected chi connectivity index (χ3v) is 11.9. The van der Waals surface area contributed by atoms with Gasteiger partial charge in [0.2, 0.25) is 11.8 Å². The lowest BCUT2D eigenvalue weighted by Crippen LogP contribution is -2.62. The fourth-order valence-electron chi connectivity index (χ4n) is 7.12. The molecule has 0 saturated carbocycles. The highest BCUT2D eigenvalue weighted by Crippen LogP contribution is 2.40. The number of halogens is 1. The molecule has 5 amide bonds.